The van der Waals surface area contributed by atoms with Crippen LogP contribution in [-0.2, 0) is 4.79 Å². The zero-order chi connectivity index (χ0) is 20.0. The summed E-state index contributed by atoms with van der Waals surface area (Å²) in [5.41, 5.74) is -0.750. The molecule has 1 aromatic carbocycles. The molecule has 1 heterocycles. The van der Waals surface area contributed by atoms with E-state index >= 15 is 0 Å². The topological polar surface area (TPSA) is 80.3 Å². The lowest BCUT2D eigenvalue weighted by Gasteiger charge is -2.16. The van der Waals surface area contributed by atoms with E-state index in [1.165, 1.54) is 19.1 Å². The standard InChI is InChI=1S/C16H13BrF3N3O3S/c1-9(26-11-5-2-4-10(17)8-11)13(24)22-23-14(25)12-6-3-7-21-15(12)27-16(18,19)20/h2-9H,1H3,(H,22,24)(H,23,25). The lowest BCUT2D eigenvalue weighted by Crippen LogP contribution is -2.47. The molecule has 0 aliphatic heterocycles. The van der Waals surface area contributed by atoms with Gasteiger partial charge in [0.05, 0.1) is 5.56 Å². The molecular formula is C16H13BrF3N3O3S. The predicted octanol–water partition coefficient (Wildman–Crippen LogP) is 3.68. The maximum Gasteiger partial charge on any atom is 0.447 e. The molecule has 1 aromatic heterocycles. The quantitative estimate of drug-likeness (QED) is 0.522. The van der Waals surface area contributed by atoms with Gasteiger partial charge in [0.2, 0.25) is 0 Å². The zero-order valence-corrected chi connectivity index (χ0v) is 16.1. The number of halogens is 4. The van der Waals surface area contributed by atoms with Crippen molar-refractivity contribution in [3.8, 4) is 5.75 Å². The highest BCUT2D eigenvalue weighted by atomic mass is 79.9. The highest BCUT2D eigenvalue weighted by Crippen LogP contribution is 2.37. The van der Waals surface area contributed by atoms with E-state index in [2.05, 4.69) is 31.8 Å². The Balaban J connectivity index is 1.96. The van der Waals surface area contributed by atoms with E-state index in [0.717, 1.165) is 10.7 Å². The Labute approximate surface area is 165 Å². The van der Waals surface area contributed by atoms with Crippen molar-refractivity contribution in [2.75, 3.05) is 0 Å². The van der Waals surface area contributed by atoms with E-state index in [0.29, 0.717) is 5.75 Å². The number of nitrogens with zero attached hydrogens (tertiary/aromatic N) is 1. The molecule has 144 valence electrons. The maximum atomic E-state index is 12.5. The van der Waals surface area contributed by atoms with Gasteiger partial charge in [-0.05, 0) is 37.3 Å². The molecule has 6 nitrogen and oxygen atoms in total. The van der Waals surface area contributed by atoms with Crippen molar-refractivity contribution in [1.82, 2.24) is 15.8 Å². The van der Waals surface area contributed by atoms with E-state index in [-0.39, 0.29) is 5.56 Å². The number of hydrazine groups is 1. The third-order valence-corrected chi connectivity index (χ3v) is 4.25. The molecule has 0 saturated heterocycles. The number of nitrogens with one attached hydrogen (secondary N) is 2. The molecule has 2 amide bonds. The Morgan fingerprint density at radius 2 is 1.96 bits per heavy atom. The van der Waals surface area contributed by atoms with Gasteiger partial charge in [0.25, 0.3) is 11.8 Å². The van der Waals surface area contributed by atoms with Gasteiger partial charge in [-0.15, -0.1) is 0 Å². The number of hydrogen-bond donors (Lipinski definition) is 2. The second-order valence-electron chi connectivity index (χ2n) is 5.06. The first-order valence-corrected chi connectivity index (χ1v) is 9.00. The van der Waals surface area contributed by atoms with Gasteiger partial charge in [-0.2, -0.15) is 13.2 Å². The largest absolute Gasteiger partial charge is 0.481 e. The third-order valence-electron chi connectivity index (χ3n) is 3.01. The minimum absolute atomic E-state index is 0.319. The van der Waals surface area contributed by atoms with Gasteiger partial charge in [-0.1, -0.05) is 22.0 Å². The van der Waals surface area contributed by atoms with Gasteiger partial charge in [-0.25, -0.2) is 4.98 Å². The first kappa shape index (κ1) is 21.0. The van der Waals surface area contributed by atoms with Crippen LogP contribution in [0, 0.1) is 0 Å². The van der Waals surface area contributed by atoms with Gasteiger partial charge < -0.3 is 4.74 Å². The smallest absolute Gasteiger partial charge is 0.447 e. The number of alkyl halides is 3. The van der Waals surface area contributed by atoms with Crippen LogP contribution in [0.25, 0.3) is 0 Å². The summed E-state index contributed by atoms with van der Waals surface area (Å²) in [5.74, 6) is -1.19. The average molecular weight is 464 g/mol. The SMILES string of the molecule is CC(Oc1cccc(Br)c1)C(=O)NNC(=O)c1cccnc1SC(F)(F)F. The predicted molar refractivity (Wildman–Crippen MR) is 96.0 cm³/mol. The zero-order valence-electron chi connectivity index (χ0n) is 13.7. The number of rotatable bonds is 5. The van der Waals surface area contributed by atoms with Crippen LogP contribution in [0.1, 0.15) is 17.3 Å². The van der Waals surface area contributed by atoms with Gasteiger partial charge in [-0.3, -0.25) is 20.4 Å². The Morgan fingerprint density at radius 3 is 2.63 bits per heavy atom. The number of benzene rings is 1. The molecule has 0 aliphatic rings. The summed E-state index contributed by atoms with van der Waals surface area (Å²) in [5, 5.41) is -0.518. The monoisotopic (exact) mass is 463 g/mol. The van der Waals surface area contributed by atoms with Crippen LogP contribution in [0.15, 0.2) is 52.1 Å². The van der Waals surface area contributed by atoms with Gasteiger partial charge in [0.15, 0.2) is 6.10 Å². The van der Waals surface area contributed by atoms with Crippen molar-refractivity contribution in [2.24, 2.45) is 0 Å². The van der Waals surface area contributed by atoms with E-state index in [4.69, 9.17) is 4.74 Å². The molecule has 0 radical (unpaired) electrons. The summed E-state index contributed by atoms with van der Waals surface area (Å²) in [6, 6.07) is 9.28. The summed E-state index contributed by atoms with van der Waals surface area (Å²) in [6.07, 6.45) is 0.176. The molecule has 0 saturated carbocycles. The lowest BCUT2D eigenvalue weighted by molar-refractivity contribution is -0.128. The van der Waals surface area contributed by atoms with Gasteiger partial charge in [0, 0.05) is 22.4 Å². The summed E-state index contributed by atoms with van der Waals surface area (Å²) in [6.45, 7) is 1.46. The number of carbonyl (C=O) groups excluding carboxylic acids is 2. The molecule has 2 N–H and O–H groups in total. The second kappa shape index (κ2) is 9.09. The van der Waals surface area contributed by atoms with Crippen LogP contribution in [-0.4, -0.2) is 28.4 Å². The van der Waals surface area contributed by atoms with Crippen molar-refractivity contribution in [1.29, 1.82) is 0 Å². The minimum atomic E-state index is -4.60. The maximum absolute atomic E-state index is 12.5. The van der Waals surface area contributed by atoms with Gasteiger partial charge in [0.1, 0.15) is 10.8 Å². The van der Waals surface area contributed by atoms with Crippen molar-refractivity contribution < 1.29 is 27.5 Å². The van der Waals surface area contributed by atoms with E-state index in [1.807, 2.05) is 0 Å². The molecule has 0 bridgehead atoms. The highest BCUT2D eigenvalue weighted by molar-refractivity contribution is 9.10. The van der Waals surface area contributed by atoms with Crippen LogP contribution < -0.4 is 15.6 Å². The summed E-state index contributed by atoms with van der Waals surface area (Å²) in [4.78, 5) is 27.7. The number of ether oxygens (including phenoxy) is 1. The summed E-state index contributed by atoms with van der Waals surface area (Å²) in [7, 11) is 0. The van der Waals surface area contributed by atoms with Crippen molar-refractivity contribution in [3.05, 3.63) is 52.6 Å². The minimum Gasteiger partial charge on any atom is -0.481 e. The van der Waals surface area contributed by atoms with Crippen molar-refractivity contribution in [2.45, 2.75) is 23.6 Å². The van der Waals surface area contributed by atoms with Crippen LogP contribution >= 0.6 is 27.7 Å². The van der Waals surface area contributed by atoms with Crippen LogP contribution in [0.4, 0.5) is 13.2 Å². The average Bonchev–Trinajstić information content (AvgIpc) is 2.58. The fourth-order valence-electron chi connectivity index (χ4n) is 1.84. The number of carbonyl (C=O) groups is 2. The van der Waals surface area contributed by atoms with E-state index in [1.54, 1.807) is 24.3 Å². The molecule has 0 spiro atoms. The molecule has 27 heavy (non-hydrogen) atoms. The Bertz CT molecular complexity index is 836. The molecule has 2 aromatic rings. The third kappa shape index (κ3) is 6.75. The van der Waals surface area contributed by atoms with Crippen molar-refractivity contribution >= 4 is 39.5 Å². The van der Waals surface area contributed by atoms with Crippen molar-refractivity contribution in [3.63, 3.8) is 0 Å². The molecule has 1 unspecified atom stereocenters. The summed E-state index contributed by atoms with van der Waals surface area (Å²) >= 11 is 2.75. The normalized spacial score (nSPS) is 12.2. The second-order valence-corrected chi connectivity index (χ2v) is 7.03. The molecule has 0 fully saturated rings. The Hall–Kier alpha value is -2.27. The highest BCUT2D eigenvalue weighted by Gasteiger charge is 2.32. The molecule has 1 atom stereocenters. The number of pyridine rings is 1. The van der Waals surface area contributed by atoms with E-state index in [9.17, 15) is 22.8 Å². The summed E-state index contributed by atoms with van der Waals surface area (Å²) < 4.78 is 43.8. The first-order valence-electron chi connectivity index (χ1n) is 7.39. The molecule has 11 heteroatoms. The van der Waals surface area contributed by atoms with Crippen LogP contribution in [0.2, 0.25) is 0 Å². The van der Waals surface area contributed by atoms with Crippen LogP contribution in [0.3, 0.4) is 0 Å². The molecule has 0 aliphatic carbocycles. The first-order chi connectivity index (χ1) is 12.7. The molecule has 2 rings (SSSR count). The Kier molecular flexibility index (Phi) is 7.08. The lowest BCUT2D eigenvalue weighted by atomic mass is 10.3. The number of thioether (sulfide) groups is 1. The fourth-order valence-corrected chi connectivity index (χ4v) is 2.82. The van der Waals surface area contributed by atoms with Crippen LogP contribution in [0.5, 0.6) is 5.75 Å². The number of amides is 2. The molecular weight excluding hydrogens is 451 g/mol. The number of aromatic nitrogens is 1. The van der Waals surface area contributed by atoms with Gasteiger partial charge >= 0.3 is 5.51 Å². The Morgan fingerprint density at radius 1 is 1.22 bits per heavy atom. The van der Waals surface area contributed by atoms with E-state index < -0.39 is 40.2 Å². The number of hydrogen-bond acceptors (Lipinski definition) is 5. The fraction of sp³-hybridized carbons (Fsp3) is 0.188.